The van der Waals surface area contributed by atoms with Crippen molar-refractivity contribution in [1.82, 2.24) is 0 Å². The summed E-state index contributed by atoms with van der Waals surface area (Å²) in [4.78, 5) is 12.5. The molecule has 0 spiro atoms. The van der Waals surface area contributed by atoms with E-state index in [4.69, 9.17) is 21.1 Å². The molecule has 1 aliphatic carbocycles. The molecule has 23 heavy (non-hydrogen) atoms. The second-order valence-corrected chi connectivity index (χ2v) is 5.81. The highest BCUT2D eigenvalue weighted by Crippen LogP contribution is 2.38. The minimum absolute atomic E-state index is 0.0393. The summed E-state index contributed by atoms with van der Waals surface area (Å²) in [5.74, 6) is 0.326. The van der Waals surface area contributed by atoms with Crippen molar-refractivity contribution >= 4 is 23.2 Å². The Morgan fingerprint density at radius 3 is 2.83 bits per heavy atom. The summed E-state index contributed by atoms with van der Waals surface area (Å²) >= 11 is 6.18. The number of hydrogen-bond acceptors (Lipinski definition) is 3. The quantitative estimate of drug-likeness (QED) is 0.822. The first-order valence-electron chi connectivity index (χ1n) is 7.49. The zero-order valence-electron chi connectivity index (χ0n) is 12.8. The maximum absolute atomic E-state index is 12.5. The Morgan fingerprint density at radius 2 is 2.04 bits per heavy atom. The van der Waals surface area contributed by atoms with Crippen LogP contribution in [0.5, 0.6) is 5.75 Å². The van der Waals surface area contributed by atoms with Crippen LogP contribution < -0.4 is 10.1 Å². The van der Waals surface area contributed by atoms with Crippen molar-refractivity contribution in [3.8, 4) is 5.75 Å². The van der Waals surface area contributed by atoms with Crippen LogP contribution in [0.3, 0.4) is 0 Å². The summed E-state index contributed by atoms with van der Waals surface area (Å²) in [5, 5.41) is 3.40. The molecule has 1 amide bonds. The Morgan fingerprint density at radius 1 is 1.22 bits per heavy atom. The van der Waals surface area contributed by atoms with Gasteiger partial charge in [0.1, 0.15) is 6.61 Å². The molecular weight excluding hydrogens is 314 g/mol. The van der Waals surface area contributed by atoms with Gasteiger partial charge in [0.2, 0.25) is 5.91 Å². The standard InChI is InChI=1S/C18H18ClNO3/c1-22-9-10-23-17-15(19)7-4-8-16(17)20-18(21)14-11-12-5-2-3-6-13(12)14/h2-8,14H,9-11H2,1H3,(H,20,21)/t14-/m1/s1. The van der Waals surface area contributed by atoms with Gasteiger partial charge >= 0.3 is 0 Å². The molecular formula is C18H18ClNO3. The molecule has 2 aromatic carbocycles. The zero-order valence-corrected chi connectivity index (χ0v) is 13.6. The molecule has 4 nitrogen and oxygen atoms in total. The third-order valence-electron chi connectivity index (χ3n) is 3.93. The number of carbonyl (C=O) groups is 1. The Balaban J connectivity index is 1.73. The number of carbonyl (C=O) groups excluding carboxylic acids is 1. The van der Waals surface area contributed by atoms with Crippen LogP contribution in [0.25, 0.3) is 0 Å². The van der Waals surface area contributed by atoms with Crippen LogP contribution in [-0.4, -0.2) is 26.2 Å². The number of anilines is 1. The molecule has 0 saturated carbocycles. The molecule has 120 valence electrons. The van der Waals surface area contributed by atoms with Gasteiger partial charge in [0.15, 0.2) is 5.75 Å². The van der Waals surface area contributed by atoms with Gasteiger partial charge in [-0.2, -0.15) is 0 Å². The fraction of sp³-hybridized carbons (Fsp3) is 0.278. The van der Waals surface area contributed by atoms with E-state index in [1.807, 2.05) is 18.2 Å². The number of fused-ring (bicyclic) bond motifs is 1. The second-order valence-electron chi connectivity index (χ2n) is 5.40. The highest BCUT2D eigenvalue weighted by molar-refractivity contribution is 6.32. The van der Waals surface area contributed by atoms with Gasteiger partial charge in [0.25, 0.3) is 0 Å². The van der Waals surface area contributed by atoms with Gasteiger partial charge < -0.3 is 14.8 Å². The van der Waals surface area contributed by atoms with Gasteiger partial charge in [-0.1, -0.05) is 41.9 Å². The van der Waals surface area contributed by atoms with Crippen molar-refractivity contribution in [3.63, 3.8) is 0 Å². The van der Waals surface area contributed by atoms with E-state index >= 15 is 0 Å². The van der Waals surface area contributed by atoms with Crippen LogP contribution in [0.15, 0.2) is 42.5 Å². The lowest BCUT2D eigenvalue weighted by atomic mass is 9.77. The fourth-order valence-electron chi connectivity index (χ4n) is 2.69. The summed E-state index contributed by atoms with van der Waals surface area (Å²) in [7, 11) is 1.60. The SMILES string of the molecule is COCCOc1c(Cl)cccc1NC(=O)[C@@H]1Cc2ccccc21. The average molecular weight is 332 g/mol. The van der Waals surface area contributed by atoms with E-state index in [1.165, 1.54) is 5.56 Å². The molecule has 0 saturated heterocycles. The van der Waals surface area contributed by atoms with Crippen LogP contribution in [-0.2, 0) is 16.0 Å². The van der Waals surface area contributed by atoms with Crippen molar-refractivity contribution in [2.75, 3.05) is 25.6 Å². The normalized spacial score (nSPS) is 15.5. The number of halogens is 1. The zero-order chi connectivity index (χ0) is 16.2. The number of para-hydroxylation sites is 1. The summed E-state index contributed by atoms with van der Waals surface area (Å²) < 4.78 is 10.6. The molecule has 0 bridgehead atoms. The fourth-order valence-corrected chi connectivity index (χ4v) is 2.92. The third kappa shape index (κ3) is 3.33. The lowest BCUT2D eigenvalue weighted by molar-refractivity contribution is -0.118. The predicted octanol–water partition coefficient (Wildman–Crippen LogP) is 3.64. The van der Waals surface area contributed by atoms with E-state index in [0.29, 0.717) is 29.7 Å². The Kier molecular flexibility index (Phi) is 4.84. The van der Waals surface area contributed by atoms with Crippen LogP contribution in [0.4, 0.5) is 5.69 Å². The van der Waals surface area contributed by atoms with Crippen molar-refractivity contribution in [1.29, 1.82) is 0 Å². The molecule has 1 N–H and O–H groups in total. The first-order valence-corrected chi connectivity index (χ1v) is 7.87. The number of benzene rings is 2. The first kappa shape index (κ1) is 15.8. The lowest BCUT2D eigenvalue weighted by Crippen LogP contribution is -2.30. The van der Waals surface area contributed by atoms with Gasteiger partial charge in [-0.25, -0.2) is 0 Å². The summed E-state index contributed by atoms with van der Waals surface area (Å²) in [6.07, 6.45) is 0.766. The van der Waals surface area contributed by atoms with Gasteiger partial charge in [-0.15, -0.1) is 0 Å². The van der Waals surface area contributed by atoms with Crippen LogP contribution >= 0.6 is 11.6 Å². The molecule has 5 heteroatoms. The second kappa shape index (κ2) is 7.02. The molecule has 3 rings (SSSR count). The molecule has 0 aliphatic heterocycles. The minimum Gasteiger partial charge on any atom is -0.487 e. The number of methoxy groups -OCH3 is 1. The van der Waals surface area contributed by atoms with Crippen LogP contribution in [0.2, 0.25) is 5.02 Å². The minimum atomic E-state index is -0.114. The van der Waals surface area contributed by atoms with Gasteiger partial charge in [0, 0.05) is 7.11 Å². The maximum Gasteiger partial charge on any atom is 0.232 e. The Hall–Kier alpha value is -2.04. The van der Waals surface area contributed by atoms with E-state index in [-0.39, 0.29) is 11.8 Å². The van der Waals surface area contributed by atoms with Crippen molar-refractivity contribution < 1.29 is 14.3 Å². The molecule has 1 aliphatic rings. The topological polar surface area (TPSA) is 47.6 Å². The van der Waals surface area contributed by atoms with Crippen LogP contribution in [0.1, 0.15) is 17.0 Å². The number of rotatable bonds is 6. The molecule has 2 aromatic rings. The third-order valence-corrected chi connectivity index (χ3v) is 4.23. The summed E-state index contributed by atoms with van der Waals surface area (Å²) in [6, 6.07) is 13.3. The van der Waals surface area contributed by atoms with Crippen LogP contribution in [0, 0.1) is 0 Å². The molecule has 0 radical (unpaired) electrons. The number of amides is 1. The van der Waals surface area contributed by atoms with Gasteiger partial charge in [0.05, 0.1) is 23.2 Å². The summed E-state index contributed by atoms with van der Waals surface area (Å²) in [5.41, 5.74) is 2.91. The Labute approximate surface area is 140 Å². The lowest BCUT2D eigenvalue weighted by Gasteiger charge is -2.29. The van der Waals surface area contributed by atoms with Crippen molar-refractivity contribution in [2.24, 2.45) is 0 Å². The van der Waals surface area contributed by atoms with Gasteiger partial charge in [-0.05, 0) is 29.7 Å². The number of hydrogen-bond donors (Lipinski definition) is 1. The monoisotopic (exact) mass is 331 g/mol. The highest BCUT2D eigenvalue weighted by Gasteiger charge is 2.32. The van der Waals surface area contributed by atoms with E-state index < -0.39 is 0 Å². The van der Waals surface area contributed by atoms with Crippen molar-refractivity contribution in [2.45, 2.75) is 12.3 Å². The molecule has 0 heterocycles. The average Bonchev–Trinajstić information content (AvgIpc) is 2.51. The van der Waals surface area contributed by atoms with E-state index in [9.17, 15) is 4.79 Å². The molecule has 0 unspecified atom stereocenters. The highest BCUT2D eigenvalue weighted by atomic mass is 35.5. The number of ether oxygens (including phenoxy) is 2. The number of nitrogens with one attached hydrogen (secondary N) is 1. The van der Waals surface area contributed by atoms with Gasteiger partial charge in [-0.3, -0.25) is 4.79 Å². The smallest absolute Gasteiger partial charge is 0.232 e. The first-order chi connectivity index (χ1) is 11.2. The molecule has 1 atom stereocenters. The molecule has 0 aromatic heterocycles. The largest absolute Gasteiger partial charge is 0.487 e. The van der Waals surface area contributed by atoms with E-state index in [1.54, 1.807) is 25.3 Å². The maximum atomic E-state index is 12.5. The summed E-state index contributed by atoms with van der Waals surface area (Å²) in [6.45, 7) is 0.823. The predicted molar refractivity (Wildman–Crippen MR) is 90.3 cm³/mol. The Bertz CT molecular complexity index is 717. The van der Waals surface area contributed by atoms with Crippen molar-refractivity contribution in [3.05, 3.63) is 58.6 Å². The van der Waals surface area contributed by atoms with E-state index in [2.05, 4.69) is 11.4 Å². The van der Waals surface area contributed by atoms with E-state index in [0.717, 1.165) is 12.0 Å². The molecule has 0 fully saturated rings.